The highest BCUT2D eigenvalue weighted by atomic mass is 32.1. The molecule has 1 aromatic heterocycles. The summed E-state index contributed by atoms with van der Waals surface area (Å²) >= 11 is 1.37. The molecule has 2 amide bonds. The molecule has 0 unspecified atom stereocenters. The third kappa shape index (κ3) is 3.78. The smallest absolute Gasteiger partial charge is 0.265 e. The van der Waals surface area contributed by atoms with Crippen molar-refractivity contribution < 1.29 is 19.1 Å². The van der Waals surface area contributed by atoms with Gasteiger partial charge in [0.15, 0.2) is 16.6 Å². The van der Waals surface area contributed by atoms with E-state index in [4.69, 9.17) is 9.47 Å². The van der Waals surface area contributed by atoms with Crippen molar-refractivity contribution in [3.63, 3.8) is 0 Å². The molecule has 0 aliphatic carbocycles. The molecule has 8 heteroatoms. The summed E-state index contributed by atoms with van der Waals surface area (Å²) in [5.74, 6) is 0.379. The average molecular weight is 333 g/mol. The zero-order valence-electron chi connectivity index (χ0n) is 12.4. The first-order valence-corrected chi connectivity index (χ1v) is 7.82. The molecule has 1 aliphatic rings. The molecular weight excluding hydrogens is 318 g/mol. The van der Waals surface area contributed by atoms with Crippen LogP contribution in [0.2, 0.25) is 0 Å². The molecule has 23 heavy (non-hydrogen) atoms. The summed E-state index contributed by atoms with van der Waals surface area (Å²) in [5.41, 5.74) is 0. The molecule has 0 bridgehead atoms. The number of ether oxygens (including phenoxy) is 2. The van der Waals surface area contributed by atoms with Crippen LogP contribution in [0, 0.1) is 6.92 Å². The Kier molecular flexibility index (Phi) is 4.42. The Balaban J connectivity index is 1.49. The molecular formula is C15H15N3O4S. The third-order valence-electron chi connectivity index (χ3n) is 3.09. The van der Waals surface area contributed by atoms with E-state index in [2.05, 4.69) is 15.6 Å². The molecule has 2 aromatic rings. The van der Waals surface area contributed by atoms with Crippen LogP contribution in [0.15, 0.2) is 30.5 Å². The lowest BCUT2D eigenvalue weighted by atomic mass is 10.2. The van der Waals surface area contributed by atoms with Crippen molar-refractivity contribution >= 4 is 28.3 Å². The normalized spacial score (nSPS) is 15.8. The van der Waals surface area contributed by atoms with E-state index in [9.17, 15) is 9.59 Å². The summed E-state index contributed by atoms with van der Waals surface area (Å²) in [7, 11) is 0. The number of nitrogens with zero attached hydrogens (tertiary/aromatic N) is 1. The Morgan fingerprint density at radius 3 is 2.87 bits per heavy atom. The van der Waals surface area contributed by atoms with Crippen LogP contribution in [0.4, 0.5) is 5.13 Å². The summed E-state index contributed by atoms with van der Waals surface area (Å²) in [6.45, 7) is 1.85. The van der Waals surface area contributed by atoms with Gasteiger partial charge in [-0.1, -0.05) is 12.1 Å². The van der Waals surface area contributed by atoms with Crippen molar-refractivity contribution in [2.24, 2.45) is 0 Å². The standard InChI is InChI=1S/C15H15N3O4S/c1-9-6-17-15(23-9)18-13(19)7-16-14(20)12-8-21-10-4-2-3-5-11(10)22-12/h2-6,12H,7-8H2,1H3,(H,16,20)(H,17,18,19)/t12-/m1/s1. The molecule has 1 atom stereocenters. The Labute approximate surface area is 136 Å². The van der Waals surface area contributed by atoms with Crippen molar-refractivity contribution in [2.75, 3.05) is 18.5 Å². The Bertz CT molecular complexity index is 731. The zero-order valence-corrected chi connectivity index (χ0v) is 13.2. The lowest BCUT2D eigenvalue weighted by molar-refractivity contribution is -0.131. The highest BCUT2D eigenvalue weighted by Gasteiger charge is 2.27. The molecule has 0 saturated heterocycles. The number of hydrogen-bond acceptors (Lipinski definition) is 6. The van der Waals surface area contributed by atoms with E-state index < -0.39 is 12.0 Å². The maximum Gasteiger partial charge on any atom is 0.265 e. The predicted octanol–water partition coefficient (Wildman–Crippen LogP) is 1.35. The predicted molar refractivity (Wildman–Crippen MR) is 84.8 cm³/mol. The van der Waals surface area contributed by atoms with Crippen LogP contribution in [-0.2, 0) is 9.59 Å². The van der Waals surface area contributed by atoms with E-state index >= 15 is 0 Å². The van der Waals surface area contributed by atoms with Crippen molar-refractivity contribution in [1.82, 2.24) is 10.3 Å². The first-order chi connectivity index (χ1) is 11.1. The number of aromatic nitrogens is 1. The fourth-order valence-electron chi connectivity index (χ4n) is 2.01. The largest absolute Gasteiger partial charge is 0.485 e. The van der Waals surface area contributed by atoms with E-state index in [1.54, 1.807) is 24.4 Å². The summed E-state index contributed by atoms with van der Waals surface area (Å²) in [6, 6.07) is 7.12. The molecule has 1 aliphatic heterocycles. The van der Waals surface area contributed by atoms with Crippen molar-refractivity contribution in [1.29, 1.82) is 0 Å². The van der Waals surface area contributed by atoms with Crippen LogP contribution >= 0.6 is 11.3 Å². The molecule has 3 rings (SSSR count). The SMILES string of the molecule is Cc1cnc(NC(=O)CNC(=O)[C@H]2COc3ccccc3O2)s1. The van der Waals surface area contributed by atoms with Gasteiger partial charge in [-0.05, 0) is 19.1 Å². The average Bonchev–Trinajstić information content (AvgIpc) is 2.97. The number of para-hydroxylation sites is 2. The topological polar surface area (TPSA) is 89.6 Å². The Morgan fingerprint density at radius 2 is 2.13 bits per heavy atom. The lowest BCUT2D eigenvalue weighted by Crippen LogP contribution is -2.46. The van der Waals surface area contributed by atoms with Crippen LogP contribution in [0.5, 0.6) is 11.5 Å². The number of carbonyl (C=O) groups is 2. The van der Waals surface area contributed by atoms with Gasteiger partial charge in [0.05, 0.1) is 6.54 Å². The summed E-state index contributed by atoms with van der Waals surface area (Å²) < 4.78 is 11.0. The lowest BCUT2D eigenvalue weighted by Gasteiger charge is -2.25. The number of hydrogen-bond donors (Lipinski definition) is 2. The van der Waals surface area contributed by atoms with Crippen molar-refractivity contribution in [3.8, 4) is 11.5 Å². The van der Waals surface area contributed by atoms with Crippen LogP contribution in [0.1, 0.15) is 4.88 Å². The van der Waals surface area contributed by atoms with Gasteiger partial charge in [-0.2, -0.15) is 0 Å². The van der Waals surface area contributed by atoms with Crippen LogP contribution < -0.4 is 20.1 Å². The van der Waals surface area contributed by atoms with E-state index in [0.29, 0.717) is 16.6 Å². The number of thiazole rings is 1. The number of fused-ring (bicyclic) bond motifs is 1. The van der Waals surface area contributed by atoms with Gasteiger partial charge in [-0.15, -0.1) is 11.3 Å². The molecule has 0 spiro atoms. The Hall–Kier alpha value is -2.61. The molecule has 2 N–H and O–H groups in total. The van der Waals surface area contributed by atoms with E-state index in [1.165, 1.54) is 11.3 Å². The molecule has 7 nitrogen and oxygen atoms in total. The first-order valence-electron chi connectivity index (χ1n) is 7.00. The van der Waals surface area contributed by atoms with E-state index in [1.807, 2.05) is 13.0 Å². The van der Waals surface area contributed by atoms with E-state index in [-0.39, 0.29) is 19.1 Å². The number of carbonyl (C=O) groups excluding carboxylic acids is 2. The van der Waals surface area contributed by atoms with Gasteiger partial charge in [0.2, 0.25) is 12.0 Å². The quantitative estimate of drug-likeness (QED) is 0.881. The highest BCUT2D eigenvalue weighted by Crippen LogP contribution is 2.30. The summed E-state index contributed by atoms with van der Waals surface area (Å²) in [6.07, 6.45) is 0.892. The van der Waals surface area contributed by atoms with Crippen molar-refractivity contribution in [2.45, 2.75) is 13.0 Å². The molecule has 2 heterocycles. The number of amides is 2. The van der Waals surface area contributed by atoms with Gasteiger partial charge in [-0.3, -0.25) is 9.59 Å². The number of aryl methyl sites for hydroxylation is 1. The van der Waals surface area contributed by atoms with Gasteiger partial charge in [0, 0.05) is 11.1 Å². The second-order valence-electron chi connectivity index (χ2n) is 4.91. The van der Waals surface area contributed by atoms with Gasteiger partial charge in [-0.25, -0.2) is 4.98 Å². The maximum absolute atomic E-state index is 12.1. The minimum atomic E-state index is -0.778. The number of benzene rings is 1. The second-order valence-corrected chi connectivity index (χ2v) is 6.14. The van der Waals surface area contributed by atoms with Gasteiger partial charge >= 0.3 is 0 Å². The van der Waals surface area contributed by atoms with E-state index in [0.717, 1.165) is 4.88 Å². The number of nitrogens with one attached hydrogen (secondary N) is 2. The van der Waals surface area contributed by atoms with Crippen LogP contribution in [-0.4, -0.2) is 36.1 Å². The highest BCUT2D eigenvalue weighted by molar-refractivity contribution is 7.15. The summed E-state index contributed by atoms with van der Waals surface area (Å²) in [4.78, 5) is 28.9. The summed E-state index contributed by atoms with van der Waals surface area (Å²) in [5, 5.41) is 5.66. The minimum absolute atomic E-state index is 0.107. The minimum Gasteiger partial charge on any atom is -0.485 e. The monoisotopic (exact) mass is 333 g/mol. The fourth-order valence-corrected chi connectivity index (χ4v) is 2.69. The molecule has 120 valence electrons. The van der Waals surface area contributed by atoms with Crippen LogP contribution in [0.3, 0.4) is 0 Å². The van der Waals surface area contributed by atoms with Gasteiger partial charge in [0.25, 0.3) is 5.91 Å². The van der Waals surface area contributed by atoms with Crippen LogP contribution in [0.25, 0.3) is 0 Å². The molecule has 0 fully saturated rings. The second kappa shape index (κ2) is 6.66. The maximum atomic E-state index is 12.1. The van der Waals surface area contributed by atoms with Crippen molar-refractivity contribution in [3.05, 3.63) is 35.3 Å². The first kappa shape index (κ1) is 15.3. The fraction of sp³-hybridized carbons (Fsp3) is 0.267. The zero-order chi connectivity index (χ0) is 16.2. The molecule has 0 saturated carbocycles. The molecule has 0 radical (unpaired) electrons. The molecule has 1 aromatic carbocycles. The van der Waals surface area contributed by atoms with Gasteiger partial charge in [0.1, 0.15) is 6.61 Å². The van der Waals surface area contributed by atoms with Gasteiger partial charge < -0.3 is 20.1 Å². The number of anilines is 1. The third-order valence-corrected chi connectivity index (χ3v) is 3.92. The number of rotatable bonds is 4. The Morgan fingerprint density at radius 1 is 1.35 bits per heavy atom.